The second-order valence-corrected chi connectivity index (χ2v) is 9.48. The molecule has 1 unspecified atom stereocenters. The van der Waals surface area contributed by atoms with Gasteiger partial charge >= 0.3 is 0 Å². The number of benzene rings is 2. The average Bonchev–Trinajstić information content (AvgIpc) is 2.73. The number of aliphatic hydroxyl groups excluding tert-OH is 1. The molecule has 0 fully saturated rings. The second kappa shape index (κ2) is 8.28. The molecule has 0 aliphatic rings. The standard InChI is InChI=1S/C21H24N4O3S/c1-13(2)29(27,28)17-9-7-14(8-10-17)18-12-24-21(23)20(25-18)16-5-3-15(4-6-16)19(26)11-22/h3-10,12-13,19,26H,11,22H2,1-2H3,(H2,23,24). The maximum absolute atomic E-state index is 12.3. The van der Waals surface area contributed by atoms with Gasteiger partial charge in [0.2, 0.25) is 0 Å². The van der Waals surface area contributed by atoms with Crippen molar-refractivity contribution in [3.63, 3.8) is 0 Å². The van der Waals surface area contributed by atoms with Crippen molar-refractivity contribution in [2.75, 3.05) is 12.3 Å². The summed E-state index contributed by atoms with van der Waals surface area (Å²) in [5, 5.41) is 9.34. The highest BCUT2D eigenvalue weighted by molar-refractivity contribution is 7.92. The van der Waals surface area contributed by atoms with Crippen molar-refractivity contribution in [1.82, 2.24) is 9.97 Å². The van der Waals surface area contributed by atoms with E-state index < -0.39 is 21.2 Å². The predicted molar refractivity (Wildman–Crippen MR) is 114 cm³/mol. The molecular weight excluding hydrogens is 388 g/mol. The number of nitrogens with zero attached hydrogens (tertiary/aromatic N) is 2. The van der Waals surface area contributed by atoms with E-state index in [4.69, 9.17) is 11.5 Å². The van der Waals surface area contributed by atoms with Crippen LogP contribution in [0.5, 0.6) is 0 Å². The van der Waals surface area contributed by atoms with Crippen LogP contribution in [0, 0.1) is 0 Å². The number of anilines is 1. The summed E-state index contributed by atoms with van der Waals surface area (Å²) in [6.07, 6.45) is 0.830. The summed E-state index contributed by atoms with van der Waals surface area (Å²) in [7, 11) is -3.33. The zero-order valence-electron chi connectivity index (χ0n) is 16.3. The van der Waals surface area contributed by atoms with Gasteiger partial charge in [-0.2, -0.15) is 0 Å². The Balaban J connectivity index is 1.95. The first kappa shape index (κ1) is 20.9. The topological polar surface area (TPSA) is 132 Å². The van der Waals surface area contributed by atoms with Crippen LogP contribution in [-0.2, 0) is 9.84 Å². The minimum Gasteiger partial charge on any atom is -0.387 e. The highest BCUT2D eigenvalue weighted by atomic mass is 32.2. The summed E-state index contributed by atoms with van der Waals surface area (Å²) >= 11 is 0. The van der Waals surface area contributed by atoms with Gasteiger partial charge < -0.3 is 16.6 Å². The third kappa shape index (κ3) is 4.29. The average molecular weight is 413 g/mol. The molecular formula is C21H24N4O3S. The number of nitrogens with two attached hydrogens (primary N) is 2. The van der Waals surface area contributed by atoms with Crippen LogP contribution < -0.4 is 11.5 Å². The van der Waals surface area contributed by atoms with Gasteiger partial charge in [-0.25, -0.2) is 18.4 Å². The van der Waals surface area contributed by atoms with Crippen molar-refractivity contribution in [3.8, 4) is 22.5 Å². The van der Waals surface area contributed by atoms with Gasteiger partial charge in [0.05, 0.1) is 28.1 Å². The van der Waals surface area contributed by atoms with E-state index in [1.807, 2.05) is 0 Å². The van der Waals surface area contributed by atoms with Crippen LogP contribution in [0.1, 0.15) is 25.5 Å². The lowest BCUT2D eigenvalue weighted by Gasteiger charge is -2.11. The lowest BCUT2D eigenvalue weighted by atomic mass is 10.0. The molecule has 5 N–H and O–H groups in total. The van der Waals surface area contributed by atoms with Gasteiger partial charge in [-0.05, 0) is 31.5 Å². The number of nitrogen functional groups attached to an aromatic ring is 1. The van der Waals surface area contributed by atoms with Gasteiger partial charge in [0.25, 0.3) is 0 Å². The van der Waals surface area contributed by atoms with Gasteiger partial charge in [0, 0.05) is 17.7 Å². The van der Waals surface area contributed by atoms with Gasteiger partial charge in [0.15, 0.2) is 9.84 Å². The van der Waals surface area contributed by atoms with Crippen molar-refractivity contribution in [2.45, 2.75) is 30.1 Å². The Morgan fingerprint density at radius 2 is 1.59 bits per heavy atom. The molecule has 7 nitrogen and oxygen atoms in total. The fourth-order valence-corrected chi connectivity index (χ4v) is 3.90. The fourth-order valence-electron chi connectivity index (χ4n) is 2.84. The number of aliphatic hydroxyl groups is 1. The van der Waals surface area contributed by atoms with Crippen LogP contribution in [0.15, 0.2) is 59.6 Å². The smallest absolute Gasteiger partial charge is 0.180 e. The molecule has 2 aromatic carbocycles. The molecule has 152 valence electrons. The van der Waals surface area contributed by atoms with Gasteiger partial charge in [-0.3, -0.25) is 0 Å². The van der Waals surface area contributed by atoms with Crippen molar-refractivity contribution in [2.24, 2.45) is 5.73 Å². The number of aromatic nitrogens is 2. The van der Waals surface area contributed by atoms with E-state index in [1.54, 1.807) is 68.6 Å². The monoisotopic (exact) mass is 412 g/mol. The molecule has 0 radical (unpaired) electrons. The van der Waals surface area contributed by atoms with Crippen LogP contribution in [0.25, 0.3) is 22.5 Å². The zero-order valence-corrected chi connectivity index (χ0v) is 17.1. The molecule has 0 bridgehead atoms. The predicted octanol–water partition coefficient (Wildman–Crippen LogP) is 2.57. The van der Waals surface area contributed by atoms with E-state index in [1.165, 1.54) is 0 Å². The van der Waals surface area contributed by atoms with Crippen LogP contribution >= 0.6 is 0 Å². The fraction of sp³-hybridized carbons (Fsp3) is 0.238. The van der Waals surface area contributed by atoms with Crippen molar-refractivity contribution >= 4 is 15.7 Å². The molecule has 0 amide bonds. The summed E-state index contributed by atoms with van der Waals surface area (Å²) in [5.41, 5.74) is 14.8. The van der Waals surface area contributed by atoms with E-state index in [-0.39, 0.29) is 17.3 Å². The van der Waals surface area contributed by atoms with Crippen molar-refractivity contribution in [3.05, 3.63) is 60.3 Å². The Morgan fingerprint density at radius 3 is 2.14 bits per heavy atom. The lowest BCUT2D eigenvalue weighted by molar-refractivity contribution is 0.187. The highest BCUT2D eigenvalue weighted by Crippen LogP contribution is 2.28. The summed E-state index contributed by atoms with van der Waals surface area (Å²) in [5.74, 6) is 0.278. The molecule has 1 heterocycles. The molecule has 3 rings (SSSR count). The second-order valence-electron chi connectivity index (χ2n) is 6.98. The summed E-state index contributed by atoms with van der Waals surface area (Å²) < 4.78 is 24.6. The summed E-state index contributed by atoms with van der Waals surface area (Å²) in [6.45, 7) is 3.44. The largest absolute Gasteiger partial charge is 0.387 e. The highest BCUT2D eigenvalue weighted by Gasteiger charge is 2.19. The Hall–Kier alpha value is -2.81. The van der Waals surface area contributed by atoms with Crippen LogP contribution in [-0.4, -0.2) is 35.3 Å². The molecule has 29 heavy (non-hydrogen) atoms. The van der Waals surface area contributed by atoms with Crippen molar-refractivity contribution < 1.29 is 13.5 Å². The Labute approximate surface area is 170 Å². The van der Waals surface area contributed by atoms with E-state index in [2.05, 4.69) is 9.97 Å². The molecule has 1 aromatic heterocycles. The quantitative estimate of drug-likeness (QED) is 0.567. The van der Waals surface area contributed by atoms with E-state index in [0.29, 0.717) is 17.0 Å². The van der Waals surface area contributed by atoms with Crippen LogP contribution in [0.3, 0.4) is 0 Å². The van der Waals surface area contributed by atoms with Gasteiger partial charge in [-0.1, -0.05) is 36.4 Å². The third-order valence-electron chi connectivity index (χ3n) is 4.69. The molecule has 3 aromatic rings. The molecule has 0 aliphatic heterocycles. The van der Waals surface area contributed by atoms with Gasteiger partial charge in [0.1, 0.15) is 11.5 Å². The molecule has 0 spiro atoms. The van der Waals surface area contributed by atoms with E-state index in [9.17, 15) is 13.5 Å². The van der Waals surface area contributed by atoms with Crippen LogP contribution in [0.4, 0.5) is 5.82 Å². The number of hydrogen-bond acceptors (Lipinski definition) is 7. The zero-order chi connectivity index (χ0) is 21.2. The van der Waals surface area contributed by atoms with Crippen LogP contribution in [0.2, 0.25) is 0 Å². The Morgan fingerprint density at radius 1 is 1.00 bits per heavy atom. The Kier molecular flexibility index (Phi) is 5.97. The van der Waals surface area contributed by atoms with Crippen molar-refractivity contribution in [1.29, 1.82) is 0 Å². The van der Waals surface area contributed by atoms with E-state index in [0.717, 1.165) is 11.1 Å². The Bertz CT molecular complexity index is 1100. The number of rotatable bonds is 6. The lowest BCUT2D eigenvalue weighted by Crippen LogP contribution is -2.13. The molecule has 1 atom stereocenters. The van der Waals surface area contributed by atoms with Gasteiger partial charge in [-0.15, -0.1) is 0 Å². The molecule has 0 saturated heterocycles. The first-order chi connectivity index (χ1) is 13.7. The minimum absolute atomic E-state index is 0.138. The summed E-state index contributed by atoms with van der Waals surface area (Å²) in [4.78, 5) is 9.12. The van der Waals surface area contributed by atoms with E-state index >= 15 is 0 Å². The SMILES string of the molecule is CC(C)S(=O)(=O)c1ccc(-c2cnc(N)c(-c3ccc(C(O)CN)cc3)n2)cc1. The molecule has 8 heteroatoms. The maximum atomic E-state index is 12.3. The number of hydrogen-bond donors (Lipinski definition) is 3. The molecule has 0 saturated carbocycles. The third-order valence-corrected chi connectivity index (χ3v) is 6.86. The minimum atomic E-state index is -3.33. The molecule has 0 aliphatic carbocycles. The first-order valence-electron chi connectivity index (χ1n) is 9.19. The number of sulfone groups is 1. The summed E-state index contributed by atoms with van der Waals surface area (Å²) in [6, 6.07) is 13.7. The first-order valence-corrected chi connectivity index (χ1v) is 10.7. The maximum Gasteiger partial charge on any atom is 0.180 e. The normalized spacial score (nSPS) is 12.9.